The van der Waals surface area contributed by atoms with Crippen LogP contribution in [-0.4, -0.2) is 68.4 Å². The van der Waals surface area contributed by atoms with Crippen molar-refractivity contribution in [2.75, 3.05) is 58.8 Å². The number of methoxy groups -OCH3 is 1. The van der Waals surface area contributed by atoms with Crippen molar-refractivity contribution in [1.29, 1.82) is 0 Å². The number of ether oxygens (including phenoxy) is 2. The van der Waals surface area contributed by atoms with E-state index in [4.69, 9.17) is 19.4 Å². The molecule has 4 rings (SSSR count). The van der Waals surface area contributed by atoms with Crippen LogP contribution in [0.2, 0.25) is 0 Å². The second-order valence-electron chi connectivity index (χ2n) is 7.98. The fraction of sp³-hybridized carbons (Fsp3) is 0.636. The second kappa shape index (κ2) is 9.59. The van der Waals surface area contributed by atoms with E-state index in [1.807, 2.05) is 13.1 Å². The molecule has 0 radical (unpaired) electrons. The molecule has 0 bridgehead atoms. The number of hydrogen-bond acceptors (Lipinski definition) is 7. The monoisotopic (exact) mass is 399 g/mol. The summed E-state index contributed by atoms with van der Waals surface area (Å²) in [6.45, 7) is 6.29. The van der Waals surface area contributed by atoms with Crippen LogP contribution < -0.4 is 20.1 Å². The van der Waals surface area contributed by atoms with Crippen molar-refractivity contribution >= 4 is 16.9 Å². The first-order valence-electron chi connectivity index (χ1n) is 10.9. The molecule has 0 unspecified atom stereocenters. The molecule has 0 atom stereocenters. The molecule has 2 saturated heterocycles. The van der Waals surface area contributed by atoms with E-state index >= 15 is 0 Å². The molecule has 158 valence electrons. The predicted octanol–water partition coefficient (Wildman–Crippen LogP) is 3.01. The summed E-state index contributed by atoms with van der Waals surface area (Å²) >= 11 is 0. The van der Waals surface area contributed by atoms with Crippen molar-refractivity contribution in [3.63, 3.8) is 0 Å². The number of nitrogens with one attached hydrogen (secondary N) is 2. The molecule has 0 aliphatic carbocycles. The third kappa shape index (κ3) is 4.73. The first-order valence-corrected chi connectivity index (χ1v) is 10.9. The van der Waals surface area contributed by atoms with Gasteiger partial charge in [0.1, 0.15) is 0 Å². The molecule has 2 aliphatic rings. The van der Waals surface area contributed by atoms with E-state index in [0.717, 1.165) is 67.0 Å². The highest BCUT2D eigenvalue weighted by atomic mass is 16.5. The van der Waals surface area contributed by atoms with Gasteiger partial charge in [-0.25, -0.2) is 9.97 Å². The van der Waals surface area contributed by atoms with Gasteiger partial charge in [0.25, 0.3) is 0 Å². The molecule has 2 aromatic rings. The fourth-order valence-corrected chi connectivity index (χ4v) is 4.43. The smallest absolute Gasteiger partial charge is 0.223 e. The summed E-state index contributed by atoms with van der Waals surface area (Å²) < 4.78 is 11.8. The van der Waals surface area contributed by atoms with Gasteiger partial charge in [-0.3, -0.25) is 0 Å². The molecule has 29 heavy (non-hydrogen) atoms. The minimum Gasteiger partial charge on any atom is -0.493 e. The summed E-state index contributed by atoms with van der Waals surface area (Å²) in [6, 6.07) is 4.07. The number of fused-ring (bicyclic) bond motifs is 1. The molecular weight excluding hydrogens is 366 g/mol. The highest BCUT2D eigenvalue weighted by Crippen LogP contribution is 2.37. The van der Waals surface area contributed by atoms with Gasteiger partial charge in [-0.05, 0) is 64.3 Å². The molecular formula is C22H33N5O2. The Hall–Kier alpha value is -2.12. The van der Waals surface area contributed by atoms with Crippen LogP contribution in [0.4, 0.5) is 5.95 Å². The molecule has 1 aromatic heterocycles. The number of benzene rings is 1. The summed E-state index contributed by atoms with van der Waals surface area (Å²) in [4.78, 5) is 12.0. The number of hydrogen-bond donors (Lipinski definition) is 2. The van der Waals surface area contributed by atoms with E-state index in [2.05, 4.69) is 21.6 Å². The predicted molar refractivity (Wildman–Crippen MR) is 116 cm³/mol. The summed E-state index contributed by atoms with van der Waals surface area (Å²) in [5.41, 5.74) is 2.02. The van der Waals surface area contributed by atoms with Gasteiger partial charge in [0.05, 0.1) is 24.9 Å². The molecule has 0 spiro atoms. The van der Waals surface area contributed by atoms with Crippen LogP contribution in [0, 0.1) is 0 Å². The van der Waals surface area contributed by atoms with Crippen LogP contribution in [0.25, 0.3) is 10.9 Å². The van der Waals surface area contributed by atoms with Crippen LogP contribution >= 0.6 is 0 Å². The Balaban J connectivity index is 1.56. The highest BCUT2D eigenvalue weighted by Gasteiger charge is 2.22. The van der Waals surface area contributed by atoms with Gasteiger partial charge in [0, 0.05) is 31.0 Å². The van der Waals surface area contributed by atoms with E-state index in [9.17, 15) is 0 Å². The normalized spacial score (nSPS) is 18.3. The van der Waals surface area contributed by atoms with Crippen molar-refractivity contribution in [1.82, 2.24) is 20.2 Å². The molecule has 1 aromatic carbocycles. The van der Waals surface area contributed by atoms with E-state index < -0.39 is 0 Å². The average Bonchev–Trinajstić information content (AvgIpc) is 3.29. The maximum absolute atomic E-state index is 6.11. The Kier molecular flexibility index (Phi) is 6.67. The number of anilines is 1. The number of likely N-dealkylation sites (tertiary alicyclic amines) is 1. The number of rotatable bonds is 8. The molecule has 3 heterocycles. The molecule has 2 aliphatic heterocycles. The molecule has 0 amide bonds. The van der Waals surface area contributed by atoms with Crippen molar-refractivity contribution in [3.8, 4) is 11.5 Å². The first kappa shape index (κ1) is 20.2. The van der Waals surface area contributed by atoms with Crippen LogP contribution in [0.5, 0.6) is 11.5 Å². The van der Waals surface area contributed by atoms with Crippen molar-refractivity contribution in [3.05, 3.63) is 17.8 Å². The zero-order valence-corrected chi connectivity index (χ0v) is 17.7. The van der Waals surface area contributed by atoms with Gasteiger partial charge >= 0.3 is 0 Å². The lowest BCUT2D eigenvalue weighted by Gasteiger charge is -2.24. The van der Waals surface area contributed by atoms with Crippen LogP contribution in [0.1, 0.15) is 43.7 Å². The Morgan fingerprint density at radius 1 is 1.14 bits per heavy atom. The van der Waals surface area contributed by atoms with Crippen molar-refractivity contribution in [2.45, 2.75) is 38.0 Å². The topological polar surface area (TPSA) is 71.5 Å². The lowest BCUT2D eigenvalue weighted by atomic mass is 9.92. The van der Waals surface area contributed by atoms with Crippen molar-refractivity contribution in [2.24, 2.45) is 0 Å². The summed E-state index contributed by atoms with van der Waals surface area (Å²) in [5.74, 6) is 2.62. The number of nitrogens with zero attached hydrogens (tertiary/aromatic N) is 3. The molecule has 7 heteroatoms. The van der Waals surface area contributed by atoms with Crippen molar-refractivity contribution < 1.29 is 9.47 Å². The minimum atomic E-state index is 0.436. The Morgan fingerprint density at radius 2 is 1.93 bits per heavy atom. The minimum absolute atomic E-state index is 0.436. The maximum Gasteiger partial charge on any atom is 0.223 e. The summed E-state index contributed by atoms with van der Waals surface area (Å²) in [5, 5.41) is 7.62. The van der Waals surface area contributed by atoms with E-state index in [1.54, 1.807) is 7.11 Å². The van der Waals surface area contributed by atoms with Crippen LogP contribution in [-0.2, 0) is 0 Å². The summed E-state index contributed by atoms with van der Waals surface area (Å²) in [7, 11) is 3.57. The van der Waals surface area contributed by atoms with Gasteiger partial charge in [0.15, 0.2) is 11.5 Å². The maximum atomic E-state index is 6.11. The average molecular weight is 400 g/mol. The van der Waals surface area contributed by atoms with Gasteiger partial charge in [-0.15, -0.1) is 0 Å². The number of piperidine rings is 1. The third-order valence-electron chi connectivity index (χ3n) is 6.04. The zero-order chi connectivity index (χ0) is 20.1. The first-order chi connectivity index (χ1) is 14.3. The van der Waals surface area contributed by atoms with Crippen LogP contribution in [0.15, 0.2) is 12.1 Å². The Labute approximate surface area is 173 Å². The zero-order valence-electron chi connectivity index (χ0n) is 17.7. The van der Waals surface area contributed by atoms with E-state index in [-0.39, 0.29) is 0 Å². The van der Waals surface area contributed by atoms with Gasteiger partial charge in [-0.1, -0.05) is 0 Å². The second-order valence-corrected chi connectivity index (χ2v) is 7.98. The number of aromatic nitrogens is 2. The SMILES string of the molecule is CNc1nc(C2CCNCC2)c2cc(OC)c(OCCCN3CCCC3)cc2n1. The van der Waals surface area contributed by atoms with E-state index in [0.29, 0.717) is 18.5 Å². The third-order valence-corrected chi connectivity index (χ3v) is 6.04. The van der Waals surface area contributed by atoms with Crippen LogP contribution in [0.3, 0.4) is 0 Å². The van der Waals surface area contributed by atoms with E-state index in [1.165, 1.54) is 25.9 Å². The standard InChI is InChI=1S/C22H33N5O2/c1-23-22-25-18-15-20(29-13-5-12-27-10-3-4-11-27)19(28-2)14-17(18)21(26-22)16-6-8-24-9-7-16/h14-16,24H,3-13H2,1-2H3,(H,23,25,26). The molecule has 2 N–H and O–H groups in total. The summed E-state index contributed by atoms with van der Waals surface area (Å²) in [6.07, 6.45) is 5.85. The highest BCUT2D eigenvalue weighted by molar-refractivity contribution is 5.86. The van der Waals surface area contributed by atoms with Gasteiger partial charge < -0.3 is 25.0 Å². The quantitative estimate of drug-likeness (QED) is 0.661. The van der Waals surface area contributed by atoms with Gasteiger partial charge in [-0.2, -0.15) is 0 Å². The van der Waals surface area contributed by atoms with Gasteiger partial charge in [0.2, 0.25) is 5.95 Å². The largest absolute Gasteiger partial charge is 0.493 e. The lowest BCUT2D eigenvalue weighted by molar-refractivity contribution is 0.254. The Bertz CT molecular complexity index is 816. The molecule has 2 fully saturated rings. The lowest BCUT2D eigenvalue weighted by Crippen LogP contribution is -2.27. The molecule has 7 nitrogen and oxygen atoms in total. The fourth-order valence-electron chi connectivity index (χ4n) is 4.43. The molecule has 0 saturated carbocycles. The Morgan fingerprint density at radius 3 is 2.66 bits per heavy atom.